The molecule has 158 valence electrons. The molecule has 5 rings (SSSR count). The van der Waals surface area contributed by atoms with Crippen molar-refractivity contribution in [2.45, 2.75) is 16.6 Å². The third-order valence-electron chi connectivity index (χ3n) is 5.30. The van der Waals surface area contributed by atoms with E-state index in [-0.39, 0.29) is 17.9 Å². The van der Waals surface area contributed by atoms with Crippen molar-refractivity contribution in [1.82, 2.24) is 14.1 Å². The van der Waals surface area contributed by atoms with E-state index in [1.54, 1.807) is 30.1 Å². The van der Waals surface area contributed by atoms with Gasteiger partial charge in [-0.2, -0.15) is 0 Å². The average molecular weight is 441 g/mol. The molecule has 0 saturated carbocycles. The van der Waals surface area contributed by atoms with Crippen LogP contribution in [0.2, 0.25) is 0 Å². The fourth-order valence-corrected chi connectivity index (χ4v) is 4.55. The molecule has 3 aromatic carbocycles. The number of hydrogen-bond acceptors (Lipinski definition) is 4. The molecule has 1 N–H and O–H groups in total. The van der Waals surface area contributed by atoms with Gasteiger partial charge in [0, 0.05) is 40.8 Å². The molecule has 0 aliphatic heterocycles. The van der Waals surface area contributed by atoms with Crippen molar-refractivity contribution in [3.63, 3.8) is 0 Å². The second kappa shape index (κ2) is 8.36. The van der Waals surface area contributed by atoms with Gasteiger partial charge in [-0.05, 0) is 48.5 Å². The van der Waals surface area contributed by atoms with Crippen LogP contribution in [0.3, 0.4) is 0 Å². The van der Waals surface area contributed by atoms with Crippen LogP contribution < -0.4 is 10.7 Å². The van der Waals surface area contributed by atoms with Gasteiger partial charge in [0.1, 0.15) is 6.54 Å². The second-order valence-corrected chi connectivity index (χ2v) is 8.49. The molecule has 0 aliphatic carbocycles. The van der Waals surface area contributed by atoms with E-state index in [2.05, 4.69) is 10.3 Å². The average Bonchev–Trinajstić information content (AvgIpc) is 3.22. The zero-order valence-electron chi connectivity index (χ0n) is 17.4. The molecule has 32 heavy (non-hydrogen) atoms. The third kappa shape index (κ3) is 3.78. The SMILES string of the molecule is Cn1ccnc1Sc1ccc(NC(=O)Cn2c3ccccc3c(=O)c3ccccc32)cc1. The lowest BCUT2D eigenvalue weighted by molar-refractivity contribution is -0.116. The van der Waals surface area contributed by atoms with Crippen molar-refractivity contribution in [3.8, 4) is 0 Å². The molecule has 0 fully saturated rings. The zero-order chi connectivity index (χ0) is 22.1. The first-order valence-electron chi connectivity index (χ1n) is 10.2. The summed E-state index contributed by atoms with van der Waals surface area (Å²) in [6.07, 6.45) is 3.67. The number of benzene rings is 3. The first-order chi connectivity index (χ1) is 15.6. The first-order valence-corrected chi connectivity index (χ1v) is 11.0. The Bertz CT molecular complexity index is 1440. The summed E-state index contributed by atoms with van der Waals surface area (Å²) in [5.41, 5.74) is 2.18. The minimum atomic E-state index is -0.159. The van der Waals surface area contributed by atoms with Gasteiger partial charge >= 0.3 is 0 Å². The number of imidazole rings is 1. The van der Waals surface area contributed by atoms with Crippen LogP contribution in [0.1, 0.15) is 0 Å². The fraction of sp³-hybridized carbons (Fsp3) is 0.0800. The predicted octanol–water partition coefficient (Wildman–Crippen LogP) is 4.68. The molecule has 2 aromatic heterocycles. The van der Waals surface area contributed by atoms with Crippen molar-refractivity contribution >= 4 is 45.2 Å². The summed E-state index contributed by atoms with van der Waals surface area (Å²) < 4.78 is 3.85. The van der Waals surface area contributed by atoms with Crippen molar-refractivity contribution < 1.29 is 4.79 Å². The Labute approximate surface area is 188 Å². The highest BCUT2D eigenvalue weighted by molar-refractivity contribution is 7.99. The van der Waals surface area contributed by atoms with Gasteiger partial charge in [0.15, 0.2) is 10.6 Å². The molecule has 5 aromatic rings. The van der Waals surface area contributed by atoms with E-state index in [9.17, 15) is 9.59 Å². The van der Waals surface area contributed by atoms with Crippen LogP contribution in [0, 0.1) is 0 Å². The summed E-state index contributed by atoms with van der Waals surface area (Å²) in [6.45, 7) is 0.102. The number of rotatable bonds is 5. The Morgan fingerprint density at radius 2 is 1.56 bits per heavy atom. The molecule has 6 nitrogen and oxygen atoms in total. The standard InChI is InChI=1S/C25H20N4O2S/c1-28-15-14-26-25(28)32-18-12-10-17(11-13-18)27-23(30)16-29-21-8-4-2-6-19(21)24(31)20-7-3-5-9-22(20)29/h2-15H,16H2,1H3,(H,27,30). The number of pyridine rings is 1. The molecule has 0 radical (unpaired) electrons. The Balaban J connectivity index is 1.40. The fourth-order valence-electron chi connectivity index (χ4n) is 3.75. The number of aryl methyl sites for hydroxylation is 1. The van der Waals surface area contributed by atoms with Gasteiger partial charge in [0.05, 0.1) is 11.0 Å². The van der Waals surface area contributed by atoms with E-state index in [1.807, 2.05) is 83.0 Å². The van der Waals surface area contributed by atoms with E-state index < -0.39 is 0 Å². The van der Waals surface area contributed by atoms with Gasteiger partial charge in [-0.1, -0.05) is 36.0 Å². The predicted molar refractivity (Wildman–Crippen MR) is 128 cm³/mol. The lowest BCUT2D eigenvalue weighted by atomic mass is 10.1. The molecule has 0 aliphatic rings. The molecule has 7 heteroatoms. The van der Waals surface area contributed by atoms with E-state index in [0.29, 0.717) is 16.5 Å². The molecular weight excluding hydrogens is 420 g/mol. The maximum absolute atomic E-state index is 12.9. The van der Waals surface area contributed by atoms with Crippen molar-refractivity contribution in [1.29, 1.82) is 0 Å². The number of carbonyl (C=O) groups excluding carboxylic acids is 1. The van der Waals surface area contributed by atoms with Gasteiger partial charge in [0.2, 0.25) is 5.91 Å². The number of nitrogens with one attached hydrogen (secondary N) is 1. The summed E-state index contributed by atoms with van der Waals surface area (Å²) in [5.74, 6) is -0.159. The number of hydrogen-bond donors (Lipinski definition) is 1. The third-order valence-corrected chi connectivity index (χ3v) is 6.39. The van der Waals surface area contributed by atoms with Crippen LogP contribution in [0.4, 0.5) is 5.69 Å². The van der Waals surface area contributed by atoms with E-state index in [4.69, 9.17) is 0 Å². The van der Waals surface area contributed by atoms with Crippen LogP contribution >= 0.6 is 11.8 Å². The van der Waals surface area contributed by atoms with E-state index >= 15 is 0 Å². The number of para-hydroxylation sites is 2. The van der Waals surface area contributed by atoms with Crippen LogP contribution in [0.15, 0.2) is 100 Å². The number of aromatic nitrogens is 3. The first kappa shape index (κ1) is 20.1. The van der Waals surface area contributed by atoms with Crippen molar-refractivity contribution in [3.05, 3.63) is 95.4 Å². The highest BCUT2D eigenvalue weighted by atomic mass is 32.2. The summed E-state index contributed by atoms with van der Waals surface area (Å²) in [6, 6.07) is 22.5. The molecule has 0 spiro atoms. The normalized spacial score (nSPS) is 11.2. The highest BCUT2D eigenvalue weighted by Gasteiger charge is 2.13. The Hall–Kier alpha value is -3.84. The molecule has 1 amide bonds. The maximum Gasteiger partial charge on any atom is 0.244 e. The minimum absolute atomic E-state index is 0.0198. The molecule has 0 saturated heterocycles. The van der Waals surface area contributed by atoms with Gasteiger partial charge < -0.3 is 14.5 Å². The second-order valence-electron chi connectivity index (χ2n) is 7.44. The minimum Gasteiger partial charge on any atom is -0.331 e. The monoisotopic (exact) mass is 440 g/mol. The van der Waals surface area contributed by atoms with Crippen LogP contribution in [-0.2, 0) is 18.4 Å². The summed E-state index contributed by atoms with van der Waals surface area (Å²) in [5, 5.41) is 5.08. The number of nitrogens with zero attached hydrogens (tertiary/aromatic N) is 3. The van der Waals surface area contributed by atoms with Crippen LogP contribution in [0.25, 0.3) is 21.8 Å². The number of amides is 1. The largest absolute Gasteiger partial charge is 0.331 e. The number of carbonyl (C=O) groups is 1. The topological polar surface area (TPSA) is 68.9 Å². The summed E-state index contributed by atoms with van der Waals surface area (Å²) in [4.78, 5) is 31.1. The Morgan fingerprint density at radius 3 is 2.16 bits per heavy atom. The quantitative estimate of drug-likeness (QED) is 0.403. The highest BCUT2D eigenvalue weighted by Crippen LogP contribution is 2.27. The van der Waals surface area contributed by atoms with Gasteiger partial charge in [-0.15, -0.1) is 0 Å². The maximum atomic E-state index is 12.9. The Morgan fingerprint density at radius 1 is 0.938 bits per heavy atom. The van der Waals surface area contributed by atoms with Crippen molar-refractivity contribution in [2.24, 2.45) is 7.05 Å². The molecule has 0 unspecified atom stereocenters. The molecule has 0 bridgehead atoms. The number of anilines is 1. The van der Waals surface area contributed by atoms with Gasteiger partial charge in [0.25, 0.3) is 0 Å². The van der Waals surface area contributed by atoms with Gasteiger partial charge in [-0.3, -0.25) is 9.59 Å². The Kier molecular flexibility index (Phi) is 5.25. The summed E-state index contributed by atoms with van der Waals surface area (Å²) in [7, 11) is 1.95. The molecular formula is C25H20N4O2S. The summed E-state index contributed by atoms with van der Waals surface area (Å²) >= 11 is 1.56. The molecule has 0 atom stereocenters. The van der Waals surface area contributed by atoms with E-state index in [0.717, 1.165) is 21.1 Å². The smallest absolute Gasteiger partial charge is 0.244 e. The zero-order valence-corrected chi connectivity index (χ0v) is 18.2. The lowest BCUT2D eigenvalue weighted by Gasteiger charge is -2.15. The molecule has 2 heterocycles. The van der Waals surface area contributed by atoms with Crippen molar-refractivity contribution in [2.75, 3.05) is 5.32 Å². The lowest BCUT2D eigenvalue weighted by Crippen LogP contribution is -2.21. The van der Waals surface area contributed by atoms with Crippen LogP contribution in [0.5, 0.6) is 0 Å². The van der Waals surface area contributed by atoms with Gasteiger partial charge in [-0.25, -0.2) is 4.98 Å². The van der Waals surface area contributed by atoms with Crippen LogP contribution in [-0.4, -0.2) is 20.0 Å². The number of fused-ring (bicyclic) bond motifs is 2. The van der Waals surface area contributed by atoms with E-state index in [1.165, 1.54) is 0 Å².